The third-order valence-electron chi connectivity index (χ3n) is 8.09. The topological polar surface area (TPSA) is 237 Å². The fourth-order valence-corrected chi connectivity index (χ4v) is 6.54. The molecule has 2 aliphatic rings. The lowest BCUT2D eigenvalue weighted by Gasteiger charge is -2.52. The van der Waals surface area contributed by atoms with Gasteiger partial charge in [-0.3, -0.25) is 43.2 Å². The number of benzene rings is 2. The van der Waals surface area contributed by atoms with Gasteiger partial charge in [-0.05, 0) is 23.8 Å². The lowest BCUT2D eigenvalue weighted by atomic mass is 9.67. The summed E-state index contributed by atoms with van der Waals surface area (Å²) in [5.41, 5.74) is -3.83. The summed E-state index contributed by atoms with van der Waals surface area (Å²) in [5, 5.41) is 0. The Bertz CT molecular complexity index is 1950. The highest BCUT2D eigenvalue weighted by Gasteiger charge is 2.64. The summed E-state index contributed by atoms with van der Waals surface area (Å²) in [7, 11) is 0. The SMILES string of the molecule is CC(=O)OCc1cc(OC(C)=O)c2c(c1)[C@](OC(C)=O)([C@@H]1O[C@H](COC(C)=O)[C@@H](OC(C)=O)[C@H](OC(C)=O)C1OC(C)=O)c1cccc(OC(C)=O)c1C2=O. The summed E-state index contributed by atoms with van der Waals surface area (Å²) >= 11 is 0. The van der Waals surface area contributed by atoms with Crippen LogP contribution in [-0.2, 0) is 83.7 Å². The molecule has 18 heteroatoms. The Balaban J connectivity index is 2.26. The van der Waals surface area contributed by atoms with Crippen LogP contribution >= 0.6 is 0 Å². The van der Waals surface area contributed by atoms with Crippen LogP contribution in [0.2, 0.25) is 0 Å². The number of ketones is 1. The molecule has 1 unspecified atom stereocenters. The molecule has 1 aliphatic carbocycles. The van der Waals surface area contributed by atoms with Crippen molar-refractivity contribution >= 4 is 53.5 Å². The minimum atomic E-state index is -2.55. The van der Waals surface area contributed by atoms with Crippen molar-refractivity contribution in [3.63, 3.8) is 0 Å². The van der Waals surface area contributed by atoms with E-state index < -0.39 is 120 Å². The van der Waals surface area contributed by atoms with Crippen LogP contribution in [0, 0.1) is 0 Å². The molecule has 1 heterocycles. The quantitative estimate of drug-likeness (QED) is 0.181. The number of ether oxygens (including phenoxy) is 9. The summed E-state index contributed by atoms with van der Waals surface area (Å²) in [4.78, 5) is 115. The Morgan fingerprint density at radius 3 is 1.69 bits per heavy atom. The maximum atomic E-state index is 14.7. The summed E-state index contributed by atoms with van der Waals surface area (Å²) in [5.74, 6) is -8.93. The van der Waals surface area contributed by atoms with Crippen molar-refractivity contribution in [3.05, 3.63) is 58.1 Å². The Morgan fingerprint density at radius 2 is 1.15 bits per heavy atom. The molecule has 1 fully saturated rings. The molecule has 2 aromatic rings. The van der Waals surface area contributed by atoms with Crippen molar-refractivity contribution in [1.29, 1.82) is 0 Å². The standard InChI is InChI=1S/C37H38O18/c1-16(38)47-14-24-12-26-31(28(13-24)50-19(4)41)32(46)30-25(10-9-11-27(30)49-18(3)40)37(26,55-23(8)45)36-35(53-22(7)44)34(52-21(6)43)33(51-20(5)42)29(54-36)15-48-17(2)39/h9-13,29,33-36H,14-15H2,1-8H3/t29-,33-,34+,35?,36-,37+/m1/s1. The third kappa shape index (κ3) is 9.14. The second kappa shape index (κ2) is 16.9. The Labute approximate surface area is 313 Å². The highest BCUT2D eigenvalue weighted by atomic mass is 16.7. The molecular weight excluding hydrogens is 732 g/mol. The Morgan fingerprint density at radius 1 is 0.600 bits per heavy atom. The molecule has 1 aliphatic heterocycles. The highest BCUT2D eigenvalue weighted by molar-refractivity contribution is 6.17. The van der Waals surface area contributed by atoms with Gasteiger partial charge >= 0.3 is 47.8 Å². The van der Waals surface area contributed by atoms with Gasteiger partial charge < -0.3 is 42.6 Å². The van der Waals surface area contributed by atoms with Gasteiger partial charge in [-0.25, -0.2) is 0 Å². The molecule has 0 spiro atoms. The van der Waals surface area contributed by atoms with Gasteiger partial charge in [-0.1, -0.05) is 12.1 Å². The van der Waals surface area contributed by atoms with Crippen molar-refractivity contribution in [2.24, 2.45) is 0 Å². The molecule has 0 saturated carbocycles. The van der Waals surface area contributed by atoms with Gasteiger partial charge in [-0.15, -0.1) is 0 Å². The van der Waals surface area contributed by atoms with Crippen LogP contribution in [0.1, 0.15) is 88.0 Å². The fourth-order valence-electron chi connectivity index (χ4n) is 6.54. The number of carbonyl (C=O) groups excluding carboxylic acids is 9. The van der Waals surface area contributed by atoms with Gasteiger partial charge in [-0.2, -0.15) is 0 Å². The molecule has 18 nitrogen and oxygen atoms in total. The van der Waals surface area contributed by atoms with Gasteiger partial charge in [0.25, 0.3) is 0 Å². The van der Waals surface area contributed by atoms with Gasteiger partial charge in [0.05, 0.1) is 11.1 Å². The van der Waals surface area contributed by atoms with Gasteiger partial charge in [0, 0.05) is 66.5 Å². The van der Waals surface area contributed by atoms with Crippen molar-refractivity contribution in [2.75, 3.05) is 6.61 Å². The van der Waals surface area contributed by atoms with Crippen LogP contribution in [0.3, 0.4) is 0 Å². The van der Waals surface area contributed by atoms with Crippen molar-refractivity contribution in [3.8, 4) is 11.5 Å². The smallest absolute Gasteiger partial charge is 0.308 e. The Kier molecular flexibility index (Phi) is 12.8. The molecule has 294 valence electrons. The molecule has 0 N–H and O–H groups in total. The number of esters is 8. The average molecular weight is 771 g/mol. The predicted molar refractivity (Wildman–Crippen MR) is 179 cm³/mol. The molecule has 0 amide bonds. The van der Waals surface area contributed by atoms with E-state index in [4.69, 9.17) is 42.6 Å². The molecule has 6 atom stereocenters. The van der Waals surface area contributed by atoms with Crippen LogP contribution in [0.15, 0.2) is 30.3 Å². The van der Waals surface area contributed by atoms with E-state index in [1.807, 2.05) is 0 Å². The number of hydrogen-bond acceptors (Lipinski definition) is 18. The van der Waals surface area contributed by atoms with Crippen molar-refractivity contribution in [1.82, 2.24) is 0 Å². The maximum Gasteiger partial charge on any atom is 0.308 e. The first-order valence-electron chi connectivity index (χ1n) is 16.6. The largest absolute Gasteiger partial charge is 0.463 e. The van der Waals surface area contributed by atoms with Crippen LogP contribution in [-0.4, -0.2) is 90.7 Å². The highest BCUT2D eigenvalue weighted by Crippen LogP contribution is 2.53. The normalized spacial score (nSPS) is 22.4. The molecule has 1 saturated heterocycles. The van der Waals surface area contributed by atoms with Gasteiger partial charge in [0.2, 0.25) is 5.78 Å². The first kappa shape index (κ1) is 41.6. The van der Waals surface area contributed by atoms with E-state index in [-0.39, 0.29) is 22.4 Å². The fraction of sp³-hybridized carbons (Fsp3) is 0.432. The predicted octanol–water partition coefficient (Wildman–Crippen LogP) is 2.08. The second-order valence-electron chi connectivity index (χ2n) is 12.4. The van der Waals surface area contributed by atoms with Crippen LogP contribution in [0.5, 0.6) is 11.5 Å². The minimum Gasteiger partial charge on any atom is -0.463 e. The first-order valence-corrected chi connectivity index (χ1v) is 16.6. The average Bonchev–Trinajstić information content (AvgIpc) is 3.05. The number of rotatable bonds is 11. The van der Waals surface area contributed by atoms with E-state index in [1.165, 1.54) is 30.3 Å². The molecule has 2 aromatic carbocycles. The van der Waals surface area contributed by atoms with Crippen LogP contribution in [0.4, 0.5) is 0 Å². The number of carbonyl (C=O) groups is 9. The van der Waals surface area contributed by atoms with Gasteiger partial charge in [0.1, 0.15) is 36.9 Å². The van der Waals surface area contributed by atoms with Crippen molar-refractivity contribution < 1.29 is 85.8 Å². The monoisotopic (exact) mass is 770 g/mol. The molecule has 0 aromatic heterocycles. The summed E-state index contributed by atoms with van der Waals surface area (Å²) in [6.07, 6.45) is -8.82. The van der Waals surface area contributed by atoms with E-state index in [1.54, 1.807) is 0 Å². The minimum absolute atomic E-state index is 0.0831. The van der Waals surface area contributed by atoms with E-state index in [2.05, 4.69) is 0 Å². The molecular formula is C37H38O18. The zero-order valence-electron chi connectivity index (χ0n) is 31.0. The molecule has 0 bridgehead atoms. The van der Waals surface area contributed by atoms with E-state index in [0.717, 1.165) is 55.4 Å². The van der Waals surface area contributed by atoms with Crippen LogP contribution < -0.4 is 9.47 Å². The number of fused-ring (bicyclic) bond motifs is 2. The summed E-state index contributed by atoms with van der Waals surface area (Å²) < 4.78 is 51.1. The first-order chi connectivity index (χ1) is 25.8. The lowest BCUT2D eigenvalue weighted by Crippen LogP contribution is -2.68. The molecule has 0 radical (unpaired) electrons. The summed E-state index contributed by atoms with van der Waals surface area (Å²) in [6, 6.07) is 6.41. The summed E-state index contributed by atoms with van der Waals surface area (Å²) in [6.45, 7) is 7.17. The van der Waals surface area contributed by atoms with E-state index in [0.29, 0.717) is 0 Å². The maximum absolute atomic E-state index is 14.7. The van der Waals surface area contributed by atoms with E-state index in [9.17, 15) is 43.2 Å². The molecule has 55 heavy (non-hydrogen) atoms. The second-order valence-corrected chi connectivity index (χ2v) is 12.4. The molecule has 4 rings (SSSR count). The van der Waals surface area contributed by atoms with Crippen molar-refractivity contribution in [2.45, 2.75) is 98.1 Å². The van der Waals surface area contributed by atoms with Gasteiger partial charge in [0.15, 0.2) is 23.9 Å². The zero-order chi connectivity index (χ0) is 40.9. The van der Waals surface area contributed by atoms with E-state index >= 15 is 0 Å². The number of hydrogen-bond donors (Lipinski definition) is 0. The zero-order valence-corrected chi connectivity index (χ0v) is 31.0. The third-order valence-corrected chi connectivity index (χ3v) is 8.09. The van der Waals surface area contributed by atoms with Crippen LogP contribution in [0.25, 0.3) is 0 Å². The Hall–Kier alpha value is -6.17. The lowest BCUT2D eigenvalue weighted by molar-refractivity contribution is -0.280.